The van der Waals surface area contributed by atoms with Gasteiger partial charge in [-0.05, 0) is 42.0 Å². The van der Waals surface area contributed by atoms with Crippen molar-refractivity contribution in [3.63, 3.8) is 0 Å². The van der Waals surface area contributed by atoms with Crippen molar-refractivity contribution in [1.82, 2.24) is 35.1 Å². The molecule has 0 spiro atoms. The number of ether oxygens (including phenoxy) is 1. The van der Waals surface area contributed by atoms with Gasteiger partial charge in [-0.15, -0.1) is 0 Å². The number of hydrogen-bond acceptors (Lipinski definition) is 6. The first-order valence-corrected chi connectivity index (χ1v) is 10.1. The van der Waals surface area contributed by atoms with Crippen LogP contribution in [0.4, 0.5) is 4.39 Å². The number of halogens is 1. The van der Waals surface area contributed by atoms with Crippen LogP contribution >= 0.6 is 0 Å². The molecular formula is C24H16FN7O. The third kappa shape index (κ3) is 3.26. The lowest BCUT2D eigenvalue weighted by Gasteiger charge is -2.06. The van der Waals surface area contributed by atoms with Crippen molar-refractivity contribution < 1.29 is 9.13 Å². The van der Waals surface area contributed by atoms with Gasteiger partial charge in [-0.25, -0.2) is 14.4 Å². The number of imidazole rings is 1. The van der Waals surface area contributed by atoms with E-state index in [0.717, 1.165) is 16.8 Å². The molecule has 2 N–H and O–H groups in total. The first-order chi connectivity index (χ1) is 16.2. The van der Waals surface area contributed by atoms with Crippen molar-refractivity contribution in [3.8, 4) is 39.7 Å². The molecule has 1 aromatic carbocycles. The van der Waals surface area contributed by atoms with Crippen molar-refractivity contribution in [2.75, 3.05) is 7.11 Å². The van der Waals surface area contributed by atoms with E-state index in [2.05, 4.69) is 25.1 Å². The van der Waals surface area contributed by atoms with E-state index < -0.39 is 5.82 Å². The Hall–Kier alpha value is -4.66. The van der Waals surface area contributed by atoms with Gasteiger partial charge in [0, 0.05) is 35.8 Å². The van der Waals surface area contributed by atoms with E-state index in [4.69, 9.17) is 14.7 Å². The summed E-state index contributed by atoms with van der Waals surface area (Å²) in [7, 11) is 1.50. The summed E-state index contributed by atoms with van der Waals surface area (Å²) >= 11 is 0. The second kappa shape index (κ2) is 7.49. The summed E-state index contributed by atoms with van der Waals surface area (Å²) in [5, 5.41) is 7.45. The predicted molar refractivity (Wildman–Crippen MR) is 122 cm³/mol. The van der Waals surface area contributed by atoms with Crippen molar-refractivity contribution in [2.45, 2.75) is 0 Å². The minimum atomic E-state index is -0.400. The highest BCUT2D eigenvalue weighted by molar-refractivity contribution is 5.95. The van der Waals surface area contributed by atoms with Crippen LogP contribution in [0.25, 0.3) is 56.0 Å². The number of aromatic nitrogens is 7. The normalized spacial score (nSPS) is 11.3. The Morgan fingerprint density at radius 1 is 0.879 bits per heavy atom. The molecule has 0 aliphatic carbocycles. The lowest BCUT2D eigenvalue weighted by Crippen LogP contribution is -1.89. The van der Waals surface area contributed by atoms with Crippen LogP contribution in [0.15, 0.2) is 67.3 Å². The highest BCUT2D eigenvalue weighted by Crippen LogP contribution is 2.33. The fourth-order valence-electron chi connectivity index (χ4n) is 3.83. The number of fused-ring (bicyclic) bond motifs is 2. The summed E-state index contributed by atoms with van der Waals surface area (Å²) in [6.07, 6.45) is 6.82. The van der Waals surface area contributed by atoms with Crippen molar-refractivity contribution in [3.05, 3.63) is 73.1 Å². The van der Waals surface area contributed by atoms with E-state index in [0.29, 0.717) is 44.9 Å². The molecule has 0 amide bonds. The summed E-state index contributed by atoms with van der Waals surface area (Å²) in [5.41, 5.74) is 6.37. The molecule has 0 atom stereocenters. The van der Waals surface area contributed by atoms with Crippen LogP contribution in [0.1, 0.15) is 0 Å². The molecule has 0 saturated heterocycles. The van der Waals surface area contributed by atoms with E-state index in [1.807, 2.05) is 24.3 Å². The number of methoxy groups -OCH3 is 1. The number of hydrogen-bond donors (Lipinski definition) is 2. The topological polar surface area (TPSA) is 105 Å². The van der Waals surface area contributed by atoms with E-state index in [1.165, 1.54) is 19.2 Å². The first-order valence-electron chi connectivity index (χ1n) is 10.1. The molecule has 0 saturated carbocycles. The Labute approximate surface area is 186 Å². The van der Waals surface area contributed by atoms with Crippen molar-refractivity contribution in [1.29, 1.82) is 0 Å². The number of benzene rings is 1. The second-order valence-electron chi connectivity index (χ2n) is 7.45. The van der Waals surface area contributed by atoms with E-state index in [-0.39, 0.29) is 0 Å². The molecule has 0 bridgehead atoms. The van der Waals surface area contributed by atoms with Gasteiger partial charge in [0.2, 0.25) is 0 Å². The SMILES string of the molecule is COc1cc(F)cc(-c2cncc3[nH]c(-c4n[nH]c5ccc(-c6cccnc6)nc45)nc23)c1. The van der Waals surface area contributed by atoms with Gasteiger partial charge in [0.05, 0.1) is 35.6 Å². The molecule has 5 aromatic heterocycles. The van der Waals surface area contributed by atoms with Gasteiger partial charge < -0.3 is 9.72 Å². The fraction of sp³-hybridized carbons (Fsp3) is 0.0417. The quantitative estimate of drug-likeness (QED) is 0.411. The number of rotatable bonds is 4. The first kappa shape index (κ1) is 19.1. The van der Waals surface area contributed by atoms with E-state index in [1.54, 1.807) is 30.9 Å². The molecule has 6 rings (SSSR count). The Morgan fingerprint density at radius 3 is 2.67 bits per heavy atom. The van der Waals surface area contributed by atoms with Crippen LogP contribution in [0.5, 0.6) is 5.75 Å². The Kier molecular flexibility index (Phi) is 4.32. The number of nitrogens with one attached hydrogen (secondary N) is 2. The van der Waals surface area contributed by atoms with Crippen molar-refractivity contribution >= 4 is 22.1 Å². The summed E-state index contributed by atoms with van der Waals surface area (Å²) in [4.78, 5) is 21.3. The smallest absolute Gasteiger partial charge is 0.161 e. The predicted octanol–water partition coefficient (Wildman–Crippen LogP) is 4.77. The highest BCUT2D eigenvalue weighted by atomic mass is 19.1. The minimum Gasteiger partial charge on any atom is -0.497 e. The zero-order valence-corrected chi connectivity index (χ0v) is 17.4. The van der Waals surface area contributed by atoms with Gasteiger partial charge >= 0.3 is 0 Å². The molecular weight excluding hydrogens is 421 g/mol. The standard InChI is InChI=1S/C24H16FN7O/c1-33-16-8-14(7-15(25)9-16)17-11-27-12-20-21(17)30-24(29-20)23-22-19(31-32-23)5-4-18(28-22)13-3-2-6-26-10-13/h2-12H,1H3,(H,29,30)(H,31,32). The van der Waals surface area contributed by atoms with Gasteiger partial charge in [-0.3, -0.25) is 15.1 Å². The van der Waals surface area contributed by atoms with E-state index >= 15 is 0 Å². The van der Waals surface area contributed by atoms with Gasteiger partial charge in [0.15, 0.2) is 11.5 Å². The minimum absolute atomic E-state index is 0.400. The maximum absolute atomic E-state index is 14.1. The third-order valence-corrected chi connectivity index (χ3v) is 5.40. The summed E-state index contributed by atoms with van der Waals surface area (Å²) in [6.45, 7) is 0. The molecule has 0 fully saturated rings. The highest BCUT2D eigenvalue weighted by Gasteiger charge is 2.17. The van der Waals surface area contributed by atoms with Crippen LogP contribution in [0.2, 0.25) is 0 Å². The van der Waals surface area contributed by atoms with Gasteiger partial charge in [0.25, 0.3) is 0 Å². The van der Waals surface area contributed by atoms with Crippen LogP contribution in [0, 0.1) is 5.82 Å². The zero-order valence-electron chi connectivity index (χ0n) is 17.4. The molecule has 6 aromatic rings. The van der Waals surface area contributed by atoms with Crippen molar-refractivity contribution in [2.24, 2.45) is 0 Å². The number of nitrogens with zero attached hydrogens (tertiary/aromatic N) is 5. The van der Waals surface area contributed by atoms with Crippen LogP contribution < -0.4 is 4.74 Å². The molecule has 0 aliphatic heterocycles. The van der Waals surface area contributed by atoms with Crippen LogP contribution in [-0.2, 0) is 0 Å². The molecule has 9 heteroatoms. The lowest BCUT2D eigenvalue weighted by molar-refractivity contribution is 0.411. The molecule has 0 unspecified atom stereocenters. The number of pyridine rings is 3. The molecule has 8 nitrogen and oxygen atoms in total. The van der Waals surface area contributed by atoms with Crippen LogP contribution in [-0.4, -0.2) is 42.2 Å². The monoisotopic (exact) mass is 437 g/mol. The summed E-state index contributed by atoms with van der Waals surface area (Å²) < 4.78 is 19.3. The summed E-state index contributed by atoms with van der Waals surface area (Å²) in [5.74, 6) is 0.551. The number of H-pyrrole nitrogens is 2. The second-order valence-corrected chi connectivity index (χ2v) is 7.45. The number of aromatic amines is 2. The van der Waals surface area contributed by atoms with E-state index in [9.17, 15) is 4.39 Å². The molecule has 33 heavy (non-hydrogen) atoms. The molecule has 0 radical (unpaired) electrons. The van der Waals surface area contributed by atoms with Crippen LogP contribution in [0.3, 0.4) is 0 Å². The average Bonchev–Trinajstić information content (AvgIpc) is 3.47. The Bertz CT molecular complexity index is 1620. The fourth-order valence-corrected chi connectivity index (χ4v) is 3.83. The van der Waals surface area contributed by atoms with Gasteiger partial charge in [-0.2, -0.15) is 5.10 Å². The zero-order chi connectivity index (χ0) is 22.4. The Balaban J connectivity index is 1.50. The largest absolute Gasteiger partial charge is 0.497 e. The Morgan fingerprint density at radius 2 is 1.82 bits per heavy atom. The average molecular weight is 437 g/mol. The van der Waals surface area contributed by atoms with Gasteiger partial charge in [0.1, 0.15) is 17.1 Å². The molecule has 160 valence electrons. The van der Waals surface area contributed by atoms with Gasteiger partial charge in [-0.1, -0.05) is 0 Å². The molecule has 5 heterocycles. The molecule has 0 aliphatic rings. The maximum Gasteiger partial charge on any atom is 0.161 e. The third-order valence-electron chi connectivity index (χ3n) is 5.40. The maximum atomic E-state index is 14.1. The lowest BCUT2D eigenvalue weighted by atomic mass is 10.1. The summed E-state index contributed by atoms with van der Waals surface area (Å²) in [6, 6.07) is 12.2.